The number of rotatable bonds is 0. The summed E-state index contributed by atoms with van der Waals surface area (Å²) in [7, 11) is 0. The Labute approximate surface area is 180 Å². The lowest BCUT2D eigenvalue weighted by Gasteiger charge is -2.36. The van der Waals surface area contributed by atoms with Gasteiger partial charge in [0.25, 0.3) is 0 Å². The van der Waals surface area contributed by atoms with Crippen molar-refractivity contribution in [2.75, 3.05) is 0 Å². The summed E-state index contributed by atoms with van der Waals surface area (Å²) in [5.74, 6) is -0.459. The van der Waals surface area contributed by atoms with Crippen molar-refractivity contribution in [1.82, 2.24) is 4.57 Å². The summed E-state index contributed by atoms with van der Waals surface area (Å²) in [6.45, 7) is 0. The maximum absolute atomic E-state index is 2.64. The zero-order valence-corrected chi connectivity index (χ0v) is 17.1. The summed E-state index contributed by atoms with van der Waals surface area (Å²) in [6.07, 6.45) is 7.48. The van der Waals surface area contributed by atoms with Crippen molar-refractivity contribution in [3.8, 4) is 0 Å². The highest BCUT2D eigenvalue weighted by Crippen LogP contribution is 2.41. The molecule has 146 valence electrons. The van der Waals surface area contributed by atoms with Crippen LogP contribution in [0, 0.1) is 0 Å². The van der Waals surface area contributed by atoms with E-state index in [1.807, 2.05) is 0 Å². The van der Waals surface area contributed by atoms with Gasteiger partial charge in [0, 0.05) is 35.8 Å². The lowest BCUT2D eigenvalue weighted by atomic mass is 9.83. The molecule has 0 aliphatic carbocycles. The van der Waals surface area contributed by atoms with E-state index in [1.54, 1.807) is 0 Å². The van der Waals surface area contributed by atoms with Crippen molar-refractivity contribution in [3.63, 3.8) is 0 Å². The number of nitrogens with zero attached hydrogens (tertiary/aromatic N) is 3. The summed E-state index contributed by atoms with van der Waals surface area (Å²) >= 11 is 0. The second-order valence-corrected chi connectivity index (χ2v) is 9.06. The first-order valence-electron chi connectivity index (χ1n) is 11.1. The van der Waals surface area contributed by atoms with Crippen molar-refractivity contribution in [1.29, 1.82) is 0 Å². The van der Waals surface area contributed by atoms with Gasteiger partial charge in [-0.1, -0.05) is 42.5 Å². The van der Waals surface area contributed by atoms with Crippen molar-refractivity contribution in [2.24, 2.45) is 0 Å². The van der Waals surface area contributed by atoms with Gasteiger partial charge >= 0.3 is 5.79 Å². The highest BCUT2D eigenvalue weighted by molar-refractivity contribution is 5.84. The van der Waals surface area contributed by atoms with Crippen LogP contribution in [0.15, 0.2) is 91.3 Å². The van der Waals surface area contributed by atoms with E-state index in [2.05, 4.69) is 105 Å². The average Bonchev–Trinajstić information content (AvgIpc) is 3.19. The molecule has 3 aliphatic heterocycles. The summed E-state index contributed by atoms with van der Waals surface area (Å²) in [5, 5.41) is 1.31. The van der Waals surface area contributed by atoms with E-state index in [1.165, 1.54) is 50.2 Å². The molecule has 31 heavy (non-hydrogen) atoms. The van der Waals surface area contributed by atoms with E-state index in [-0.39, 0.29) is 0 Å². The van der Waals surface area contributed by atoms with E-state index in [0.29, 0.717) is 0 Å². The molecule has 0 bridgehead atoms. The predicted molar refractivity (Wildman–Crippen MR) is 118 cm³/mol. The van der Waals surface area contributed by atoms with Crippen LogP contribution in [-0.2, 0) is 25.0 Å². The molecule has 3 aliphatic rings. The molecular weight excluding hydrogens is 378 g/mol. The molecule has 2 aromatic carbocycles. The smallest absolute Gasteiger partial charge is 0.223 e. The van der Waals surface area contributed by atoms with Gasteiger partial charge in [0.2, 0.25) is 0 Å². The second kappa shape index (κ2) is 5.30. The zero-order chi connectivity index (χ0) is 20.2. The van der Waals surface area contributed by atoms with Gasteiger partial charge in [0.1, 0.15) is 5.56 Å². The Balaban J connectivity index is 1.70. The van der Waals surface area contributed by atoms with Crippen LogP contribution in [0.4, 0.5) is 0 Å². The molecule has 0 fully saturated rings. The van der Waals surface area contributed by atoms with E-state index in [9.17, 15) is 0 Å². The van der Waals surface area contributed by atoms with Gasteiger partial charge in [0.15, 0.2) is 23.3 Å². The normalized spacial score (nSPS) is 19.4. The molecule has 0 saturated heterocycles. The first-order chi connectivity index (χ1) is 15.4. The van der Waals surface area contributed by atoms with Gasteiger partial charge < -0.3 is 0 Å². The summed E-state index contributed by atoms with van der Waals surface area (Å²) < 4.78 is 7.73. The molecule has 3 heteroatoms. The van der Waals surface area contributed by atoms with Crippen LogP contribution in [-0.4, -0.2) is 4.57 Å². The third-order valence-corrected chi connectivity index (χ3v) is 7.56. The number of benzene rings is 2. The van der Waals surface area contributed by atoms with Crippen LogP contribution in [0.2, 0.25) is 0 Å². The zero-order valence-electron chi connectivity index (χ0n) is 17.1. The molecular formula is C28H21N3+2. The average molecular weight is 399 g/mol. The topological polar surface area (TPSA) is 12.7 Å². The van der Waals surface area contributed by atoms with Gasteiger partial charge in [-0.2, -0.15) is 0 Å². The molecule has 0 amide bonds. The van der Waals surface area contributed by atoms with Crippen LogP contribution in [0.3, 0.4) is 0 Å². The molecule has 1 unspecified atom stereocenters. The number of para-hydroxylation sites is 1. The number of fused-ring (bicyclic) bond motifs is 1. The largest absolute Gasteiger partial charge is 0.481 e. The molecule has 0 radical (unpaired) electrons. The summed E-state index contributed by atoms with van der Waals surface area (Å²) in [4.78, 5) is 0. The first-order valence-corrected chi connectivity index (χ1v) is 11.1. The molecule has 8 rings (SSSR count). The number of pyridine rings is 2. The standard InChI is InChI=1S/C28H21N3/c1-2-14-29-23(10-1)16-20-7-4-8-21-17-24-11-5-12-25-18-22-9-3-6-19-13-15-30(27(19)22)28(29,26(20)21)31(24)25/h1-15H,16-18H2/q+2. The third kappa shape index (κ3) is 1.74. The van der Waals surface area contributed by atoms with Crippen LogP contribution in [0.25, 0.3) is 10.9 Å². The molecule has 0 saturated carbocycles. The van der Waals surface area contributed by atoms with Crippen LogP contribution >= 0.6 is 0 Å². The molecule has 3 nitrogen and oxygen atoms in total. The Hall–Kier alpha value is -3.72. The maximum atomic E-state index is 2.64. The molecule has 6 heterocycles. The van der Waals surface area contributed by atoms with E-state index in [0.717, 1.165) is 19.3 Å². The summed E-state index contributed by atoms with van der Waals surface area (Å²) in [5.41, 5.74) is 11.2. The Morgan fingerprint density at radius 1 is 0.645 bits per heavy atom. The molecule has 1 spiro atoms. The molecule has 1 atom stereocenters. The highest BCUT2D eigenvalue weighted by atomic mass is 15.4. The maximum Gasteiger partial charge on any atom is 0.481 e. The minimum atomic E-state index is -0.459. The van der Waals surface area contributed by atoms with Crippen molar-refractivity contribution < 1.29 is 9.13 Å². The lowest BCUT2D eigenvalue weighted by molar-refractivity contribution is -0.998. The van der Waals surface area contributed by atoms with Gasteiger partial charge in [-0.05, 0) is 28.8 Å². The molecule has 5 aromatic rings. The quantitative estimate of drug-likeness (QED) is 0.345. The number of aromatic nitrogens is 3. The first kappa shape index (κ1) is 16.0. The van der Waals surface area contributed by atoms with Gasteiger partial charge in [-0.15, -0.1) is 9.13 Å². The highest BCUT2D eigenvalue weighted by Gasteiger charge is 2.64. The fraction of sp³-hybridized carbons (Fsp3) is 0.143. The Bertz CT molecular complexity index is 1560. The van der Waals surface area contributed by atoms with Gasteiger partial charge in [-0.3, -0.25) is 0 Å². The third-order valence-electron chi connectivity index (χ3n) is 7.56. The van der Waals surface area contributed by atoms with E-state index >= 15 is 0 Å². The minimum Gasteiger partial charge on any atom is -0.223 e. The monoisotopic (exact) mass is 399 g/mol. The van der Waals surface area contributed by atoms with Crippen molar-refractivity contribution in [2.45, 2.75) is 25.0 Å². The Kier molecular flexibility index (Phi) is 2.74. The molecule has 3 aromatic heterocycles. The van der Waals surface area contributed by atoms with Gasteiger partial charge in [0.05, 0.1) is 24.8 Å². The fourth-order valence-corrected chi connectivity index (χ4v) is 6.53. The number of hydrogen-bond acceptors (Lipinski definition) is 0. The Morgan fingerprint density at radius 3 is 2.19 bits per heavy atom. The second-order valence-electron chi connectivity index (χ2n) is 9.06. The Morgan fingerprint density at radius 2 is 1.32 bits per heavy atom. The van der Waals surface area contributed by atoms with Gasteiger partial charge in [-0.25, -0.2) is 4.57 Å². The van der Waals surface area contributed by atoms with Crippen molar-refractivity contribution in [3.05, 3.63) is 131 Å². The predicted octanol–water partition coefficient (Wildman–Crippen LogP) is 3.68. The van der Waals surface area contributed by atoms with Crippen LogP contribution in [0.1, 0.15) is 39.3 Å². The van der Waals surface area contributed by atoms with Crippen LogP contribution in [0.5, 0.6) is 0 Å². The van der Waals surface area contributed by atoms with E-state index in [4.69, 9.17) is 0 Å². The lowest BCUT2D eigenvalue weighted by Crippen LogP contribution is -2.82. The molecule has 0 N–H and O–H groups in total. The summed E-state index contributed by atoms with van der Waals surface area (Å²) in [6, 6.07) is 29.5. The van der Waals surface area contributed by atoms with Crippen LogP contribution < -0.4 is 9.13 Å². The SMILES string of the molecule is c1cc2c3c(c1)Cc1cccc4[n+]1C3(n1ccc3cccc(c31)C4)[n+]1ccccc1C2. The van der Waals surface area contributed by atoms with Crippen molar-refractivity contribution >= 4 is 10.9 Å². The number of hydrogen-bond donors (Lipinski definition) is 0. The minimum absolute atomic E-state index is 0.459. The van der Waals surface area contributed by atoms with E-state index < -0.39 is 5.79 Å². The fourth-order valence-electron chi connectivity index (χ4n) is 6.53.